The van der Waals surface area contributed by atoms with Crippen LogP contribution in [0.5, 0.6) is 0 Å². The van der Waals surface area contributed by atoms with Gasteiger partial charge in [-0.15, -0.1) is 0 Å². The van der Waals surface area contributed by atoms with Crippen molar-refractivity contribution in [3.05, 3.63) is 0 Å². The predicted molar refractivity (Wildman–Crippen MR) is 74.5 cm³/mol. The molecular formula is C15H26N2O2. The first-order valence-electron chi connectivity index (χ1n) is 7.64. The van der Waals surface area contributed by atoms with E-state index in [0.717, 1.165) is 25.3 Å². The van der Waals surface area contributed by atoms with Gasteiger partial charge < -0.3 is 10.2 Å². The van der Waals surface area contributed by atoms with Crippen LogP contribution in [-0.4, -0.2) is 35.8 Å². The quantitative estimate of drug-likeness (QED) is 0.798. The lowest BCUT2D eigenvalue weighted by atomic mass is 10.0. The average Bonchev–Trinajstić information content (AvgIpc) is 3.15. The van der Waals surface area contributed by atoms with Gasteiger partial charge in [-0.2, -0.15) is 0 Å². The van der Waals surface area contributed by atoms with Crippen LogP contribution in [-0.2, 0) is 9.59 Å². The first-order valence-corrected chi connectivity index (χ1v) is 7.64. The molecule has 1 N–H and O–H groups in total. The van der Waals surface area contributed by atoms with Gasteiger partial charge in [-0.05, 0) is 31.1 Å². The summed E-state index contributed by atoms with van der Waals surface area (Å²) in [6.45, 7) is 5.58. The normalized spacial score (nSPS) is 24.6. The number of carbonyl (C=O) groups excluding carboxylic acids is 2. The van der Waals surface area contributed by atoms with Crippen molar-refractivity contribution in [3.8, 4) is 0 Å². The maximum absolute atomic E-state index is 12.4. The number of nitrogens with one attached hydrogen (secondary N) is 1. The van der Waals surface area contributed by atoms with Gasteiger partial charge in [-0.3, -0.25) is 9.59 Å². The third kappa shape index (κ3) is 4.51. The monoisotopic (exact) mass is 266 g/mol. The van der Waals surface area contributed by atoms with Gasteiger partial charge in [-0.1, -0.05) is 26.7 Å². The Morgan fingerprint density at radius 1 is 1.32 bits per heavy atom. The highest BCUT2D eigenvalue weighted by Gasteiger charge is 2.30. The van der Waals surface area contributed by atoms with Crippen LogP contribution in [0.3, 0.4) is 0 Å². The molecule has 0 aromatic carbocycles. The zero-order chi connectivity index (χ0) is 13.8. The fourth-order valence-electron chi connectivity index (χ4n) is 2.73. The summed E-state index contributed by atoms with van der Waals surface area (Å²) < 4.78 is 0. The zero-order valence-corrected chi connectivity index (χ0v) is 12.2. The summed E-state index contributed by atoms with van der Waals surface area (Å²) in [5.74, 6) is 1.47. The number of nitrogens with zero attached hydrogens (tertiary/aromatic N) is 1. The van der Waals surface area contributed by atoms with E-state index in [1.807, 2.05) is 4.90 Å². The minimum absolute atomic E-state index is 0.0173. The summed E-state index contributed by atoms with van der Waals surface area (Å²) in [5.41, 5.74) is 0. The van der Waals surface area contributed by atoms with E-state index < -0.39 is 0 Å². The molecule has 0 spiro atoms. The van der Waals surface area contributed by atoms with E-state index in [9.17, 15) is 9.59 Å². The third-order valence-electron chi connectivity index (χ3n) is 4.00. The predicted octanol–water partition coefficient (Wildman–Crippen LogP) is 1.94. The van der Waals surface area contributed by atoms with E-state index in [0.29, 0.717) is 18.9 Å². The molecular weight excluding hydrogens is 240 g/mol. The van der Waals surface area contributed by atoms with Crippen LogP contribution in [0.15, 0.2) is 0 Å². The van der Waals surface area contributed by atoms with Gasteiger partial charge in [0.1, 0.15) is 6.04 Å². The van der Waals surface area contributed by atoms with Crippen molar-refractivity contribution in [3.63, 3.8) is 0 Å². The van der Waals surface area contributed by atoms with E-state index in [1.54, 1.807) is 0 Å². The summed E-state index contributed by atoms with van der Waals surface area (Å²) >= 11 is 0. The van der Waals surface area contributed by atoms with Crippen LogP contribution in [0.2, 0.25) is 0 Å². The van der Waals surface area contributed by atoms with E-state index in [1.165, 1.54) is 19.3 Å². The smallest absolute Gasteiger partial charge is 0.245 e. The number of carbonyl (C=O) groups is 2. The third-order valence-corrected chi connectivity index (χ3v) is 4.00. The molecule has 1 saturated carbocycles. The summed E-state index contributed by atoms with van der Waals surface area (Å²) in [6.07, 6.45) is 6.24. The van der Waals surface area contributed by atoms with Crippen LogP contribution in [0.4, 0.5) is 0 Å². The fraction of sp³-hybridized carbons (Fsp3) is 0.867. The van der Waals surface area contributed by atoms with Gasteiger partial charge in [0.25, 0.3) is 0 Å². The molecule has 4 heteroatoms. The molecule has 1 saturated heterocycles. The molecule has 19 heavy (non-hydrogen) atoms. The highest BCUT2D eigenvalue weighted by Crippen LogP contribution is 2.33. The van der Waals surface area contributed by atoms with E-state index in [4.69, 9.17) is 0 Å². The molecule has 1 atom stereocenters. The molecule has 1 aliphatic carbocycles. The van der Waals surface area contributed by atoms with E-state index in [2.05, 4.69) is 19.2 Å². The van der Waals surface area contributed by atoms with Crippen molar-refractivity contribution in [1.82, 2.24) is 10.2 Å². The highest BCUT2D eigenvalue weighted by molar-refractivity contribution is 5.89. The largest absolute Gasteiger partial charge is 0.344 e. The lowest BCUT2D eigenvalue weighted by Gasteiger charge is -2.25. The Kier molecular flexibility index (Phi) is 4.83. The Balaban J connectivity index is 1.88. The zero-order valence-electron chi connectivity index (χ0n) is 12.2. The summed E-state index contributed by atoms with van der Waals surface area (Å²) in [7, 11) is 0. The van der Waals surface area contributed by atoms with Crippen molar-refractivity contribution < 1.29 is 9.59 Å². The Morgan fingerprint density at radius 3 is 2.68 bits per heavy atom. The lowest BCUT2D eigenvalue weighted by molar-refractivity contribution is -0.134. The van der Waals surface area contributed by atoms with Gasteiger partial charge in [0, 0.05) is 19.5 Å². The average molecular weight is 266 g/mol. The second kappa shape index (κ2) is 6.40. The molecule has 0 bridgehead atoms. The van der Waals surface area contributed by atoms with Gasteiger partial charge >= 0.3 is 0 Å². The molecule has 1 unspecified atom stereocenters. The van der Waals surface area contributed by atoms with Gasteiger partial charge in [0.15, 0.2) is 0 Å². The summed E-state index contributed by atoms with van der Waals surface area (Å²) in [5, 5.41) is 2.87. The number of hydrogen-bond acceptors (Lipinski definition) is 2. The van der Waals surface area contributed by atoms with Crippen molar-refractivity contribution in [2.24, 2.45) is 11.8 Å². The number of amides is 2. The van der Waals surface area contributed by atoms with Crippen LogP contribution in [0.1, 0.15) is 52.4 Å². The molecule has 0 aromatic rings. The maximum Gasteiger partial charge on any atom is 0.245 e. The van der Waals surface area contributed by atoms with Crippen LogP contribution < -0.4 is 5.32 Å². The molecule has 1 heterocycles. The first kappa shape index (κ1) is 14.4. The number of rotatable bonds is 6. The molecule has 1 aliphatic heterocycles. The van der Waals surface area contributed by atoms with Crippen molar-refractivity contribution in [2.45, 2.75) is 58.4 Å². The van der Waals surface area contributed by atoms with Crippen LogP contribution in [0, 0.1) is 11.8 Å². The molecule has 108 valence electrons. The molecule has 2 aliphatic rings. The van der Waals surface area contributed by atoms with Crippen molar-refractivity contribution in [2.75, 3.05) is 13.1 Å². The van der Waals surface area contributed by atoms with Crippen LogP contribution in [0.25, 0.3) is 0 Å². The Hall–Kier alpha value is -1.06. The topological polar surface area (TPSA) is 49.4 Å². The Labute approximate surface area is 115 Å². The molecule has 0 radical (unpaired) electrons. The summed E-state index contributed by atoms with van der Waals surface area (Å²) in [6, 6.07) is -0.309. The van der Waals surface area contributed by atoms with Crippen molar-refractivity contribution >= 4 is 11.8 Å². The molecule has 2 amide bonds. The van der Waals surface area contributed by atoms with Crippen LogP contribution >= 0.6 is 0 Å². The molecule has 2 rings (SSSR count). The Bertz CT molecular complexity index is 337. The maximum atomic E-state index is 12.4. The number of hydrogen-bond donors (Lipinski definition) is 1. The summed E-state index contributed by atoms with van der Waals surface area (Å²) in [4.78, 5) is 26.0. The second-order valence-electron chi connectivity index (χ2n) is 6.41. The van der Waals surface area contributed by atoms with Gasteiger partial charge in [0.2, 0.25) is 11.8 Å². The lowest BCUT2D eigenvalue weighted by Crippen LogP contribution is -2.45. The minimum atomic E-state index is -0.309. The SMILES string of the molecule is CC(C)CC1NC(=O)CCN(CCCC2CC2)C1=O. The minimum Gasteiger partial charge on any atom is -0.344 e. The molecule has 4 nitrogen and oxygen atoms in total. The van der Waals surface area contributed by atoms with E-state index >= 15 is 0 Å². The fourth-order valence-corrected chi connectivity index (χ4v) is 2.73. The first-order chi connectivity index (χ1) is 9.06. The molecule has 2 fully saturated rings. The second-order valence-corrected chi connectivity index (χ2v) is 6.41. The highest BCUT2D eigenvalue weighted by atomic mass is 16.2. The van der Waals surface area contributed by atoms with E-state index in [-0.39, 0.29) is 17.9 Å². The molecule has 0 aromatic heterocycles. The van der Waals surface area contributed by atoms with Gasteiger partial charge in [0.05, 0.1) is 0 Å². The van der Waals surface area contributed by atoms with Gasteiger partial charge in [-0.25, -0.2) is 0 Å². The Morgan fingerprint density at radius 2 is 2.05 bits per heavy atom. The standard InChI is InChI=1S/C15H26N2O2/c1-11(2)10-13-15(19)17(9-7-14(18)16-13)8-3-4-12-5-6-12/h11-13H,3-10H2,1-2H3,(H,16,18). The van der Waals surface area contributed by atoms with Crippen molar-refractivity contribution in [1.29, 1.82) is 0 Å².